The molecule has 0 bridgehead atoms. The lowest BCUT2D eigenvalue weighted by molar-refractivity contribution is -0.143. The Balaban J connectivity index is 2.38. The van der Waals surface area contributed by atoms with E-state index in [1.165, 1.54) is 42.0 Å². The predicted molar refractivity (Wildman–Crippen MR) is 93.3 cm³/mol. The molecule has 0 aliphatic carbocycles. The topological polar surface area (TPSA) is 53.5 Å². The number of halogens is 2. The van der Waals surface area contributed by atoms with Crippen LogP contribution in [-0.2, 0) is 16.1 Å². The second-order valence-electron chi connectivity index (χ2n) is 5.68. The number of hydrogen-bond donors (Lipinski definition) is 0. The van der Waals surface area contributed by atoms with Gasteiger partial charge in [0.05, 0.1) is 12.2 Å². The lowest BCUT2D eigenvalue weighted by atomic mass is 10.0. The van der Waals surface area contributed by atoms with Crippen molar-refractivity contribution >= 4 is 23.4 Å². The van der Waals surface area contributed by atoms with Crippen LogP contribution in [0.2, 0.25) is 5.02 Å². The lowest BCUT2D eigenvalue weighted by Gasteiger charge is -2.31. The molecule has 0 aliphatic rings. The van der Waals surface area contributed by atoms with E-state index in [0.717, 1.165) is 0 Å². The molecule has 0 radical (unpaired) electrons. The maximum Gasteiger partial charge on any atom is 0.250 e. The van der Waals surface area contributed by atoms with Crippen molar-refractivity contribution in [3.8, 4) is 0 Å². The van der Waals surface area contributed by atoms with E-state index in [2.05, 4.69) is 4.98 Å². The average molecular weight is 364 g/mol. The van der Waals surface area contributed by atoms with Crippen LogP contribution in [0.25, 0.3) is 0 Å². The van der Waals surface area contributed by atoms with E-state index in [1.807, 2.05) is 6.07 Å². The smallest absolute Gasteiger partial charge is 0.250 e. The maximum absolute atomic E-state index is 14.4. The second kappa shape index (κ2) is 8.07. The Morgan fingerprint density at radius 2 is 1.92 bits per heavy atom. The van der Waals surface area contributed by atoms with E-state index in [1.54, 1.807) is 25.4 Å². The van der Waals surface area contributed by atoms with E-state index < -0.39 is 17.8 Å². The Kier molecular flexibility index (Phi) is 6.09. The van der Waals surface area contributed by atoms with E-state index in [0.29, 0.717) is 5.69 Å². The molecule has 0 N–H and O–H groups in total. The minimum atomic E-state index is -1.15. The summed E-state index contributed by atoms with van der Waals surface area (Å²) in [5.74, 6) is -1.45. The molecule has 0 saturated carbocycles. The minimum Gasteiger partial charge on any atom is -0.338 e. The van der Waals surface area contributed by atoms with Gasteiger partial charge in [-0.3, -0.25) is 14.6 Å². The van der Waals surface area contributed by atoms with Crippen LogP contribution in [0.4, 0.5) is 4.39 Å². The molecular weight excluding hydrogens is 345 g/mol. The molecule has 1 aromatic carbocycles. The summed E-state index contributed by atoms with van der Waals surface area (Å²) >= 11 is 6.12. The van der Waals surface area contributed by atoms with Crippen molar-refractivity contribution in [2.75, 3.05) is 14.1 Å². The van der Waals surface area contributed by atoms with Gasteiger partial charge >= 0.3 is 0 Å². The van der Waals surface area contributed by atoms with Gasteiger partial charge in [-0.1, -0.05) is 23.7 Å². The fourth-order valence-electron chi connectivity index (χ4n) is 2.46. The monoisotopic (exact) mass is 363 g/mol. The van der Waals surface area contributed by atoms with Crippen LogP contribution < -0.4 is 0 Å². The number of hydrogen-bond acceptors (Lipinski definition) is 3. The van der Waals surface area contributed by atoms with E-state index in [-0.39, 0.29) is 23.0 Å². The van der Waals surface area contributed by atoms with Crippen molar-refractivity contribution in [2.45, 2.75) is 19.5 Å². The summed E-state index contributed by atoms with van der Waals surface area (Å²) in [6.07, 6.45) is 1.63. The van der Waals surface area contributed by atoms with Gasteiger partial charge in [0.25, 0.3) is 0 Å². The second-order valence-corrected chi connectivity index (χ2v) is 6.09. The number of carbonyl (C=O) groups excluding carboxylic acids is 2. The molecule has 1 heterocycles. The van der Waals surface area contributed by atoms with Crippen LogP contribution in [-0.4, -0.2) is 40.7 Å². The molecule has 2 rings (SSSR count). The van der Waals surface area contributed by atoms with Gasteiger partial charge in [0, 0.05) is 37.8 Å². The van der Waals surface area contributed by atoms with Gasteiger partial charge < -0.3 is 9.80 Å². The average Bonchev–Trinajstić information content (AvgIpc) is 2.58. The molecule has 2 amide bonds. The standard InChI is InChI=1S/C18H19ClFN3O2/c1-12(24)23(3)17(16-14(19)8-6-9-15(16)20)18(25)22(2)11-13-7-4-5-10-21-13/h4-10,17H,11H2,1-3H3/t17-/m0/s1. The molecule has 25 heavy (non-hydrogen) atoms. The first-order valence-corrected chi connectivity index (χ1v) is 8.03. The molecule has 0 saturated heterocycles. The van der Waals surface area contributed by atoms with Crippen molar-refractivity contribution < 1.29 is 14.0 Å². The van der Waals surface area contributed by atoms with Gasteiger partial charge in [-0.05, 0) is 24.3 Å². The number of carbonyl (C=O) groups is 2. The van der Waals surface area contributed by atoms with Crippen molar-refractivity contribution in [1.82, 2.24) is 14.8 Å². The van der Waals surface area contributed by atoms with Gasteiger partial charge in [-0.2, -0.15) is 0 Å². The fourth-order valence-corrected chi connectivity index (χ4v) is 2.72. The highest BCUT2D eigenvalue weighted by Crippen LogP contribution is 2.31. The Hall–Kier alpha value is -2.47. The zero-order valence-electron chi connectivity index (χ0n) is 14.2. The Morgan fingerprint density at radius 3 is 2.48 bits per heavy atom. The summed E-state index contributed by atoms with van der Waals surface area (Å²) in [4.78, 5) is 31.6. The number of amides is 2. The zero-order chi connectivity index (χ0) is 18.6. The largest absolute Gasteiger partial charge is 0.338 e. The van der Waals surface area contributed by atoms with Crippen molar-refractivity contribution in [3.63, 3.8) is 0 Å². The molecule has 0 unspecified atom stereocenters. The van der Waals surface area contributed by atoms with Crippen LogP contribution in [0.1, 0.15) is 24.2 Å². The molecule has 1 atom stereocenters. The van der Waals surface area contributed by atoms with E-state index >= 15 is 0 Å². The molecule has 0 fully saturated rings. The summed E-state index contributed by atoms with van der Waals surface area (Å²) in [6, 6.07) is 8.38. The van der Waals surface area contributed by atoms with Crippen LogP contribution in [0.15, 0.2) is 42.6 Å². The molecule has 132 valence electrons. The van der Waals surface area contributed by atoms with Crippen molar-refractivity contribution in [2.24, 2.45) is 0 Å². The molecule has 0 aliphatic heterocycles. The summed E-state index contributed by atoms with van der Waals surface area (Å²) in [7, 11) is 3.02. The Morgan fingerprint density at radius 1 is 1.20 bits per heavy atom. The number of nitrogens with zero attached hydrogens (tertiary/aromatic N) is 3. The molecular formula is C18H19ClFN3O2. The third-order valence-electron chi connectivity index (χ3n) is 3.89. The molecule has 2 aromatic rings. The highest BCUT2D eigenvalue weighted by molar-refractivity contribution is 6.31. The number of aromatic nitrogens is 1. The first kappa shape index (κ1) is 18.9. The van der Waals surface area contributed by atoms with Gasteiger partial charge in [0.2, 0.25) is 11.8 Å². The predicted octanol–water partition coefficient (Wildman–Crippen LogP) is 3.05. The number of benzene rings is 1. The van der Waals surface area contributed by atoms with Crippen LogP contribution >= 0.6 is 11.6 Å². The van der Waals surface area contributed by atoms with Crippen LogP contribution in [0.5, 0.6) is 0 Å². The lowest BCUT2D eigenvalue weighted by Crippen LogP contribution is -2.42. The molecule has 5 nitrogen and oxygen atoms in total. The third kappa shape index (κ3) is 4.33. The maximum atomic E-state index is 14.4. The molecule has 7 heteroatoms. The summed E-state index contributed by atoms with van der Waals surface area (Å²) in [5, 5.41) is 0.0951. The van der Waals surface area contributed by atoms with Crippen LogP contribution in [0, 0.1) is 5.82 Å². The quantitative estimate of drug-likeness (QED) is 0.820. The first-order chi connectivity index (χ1) is 11.8. The third-order valence-corrected chi connectivity index (χ3v) is 4.22. The zero-order valence-corrected chi connectivity index (χ0v) is 15.0. The Bertz CT molecular complexity index is 750. The normalized spacial score (nSPS) is 11.7. The minimum absolute atomic E-state index is 0.0141. The highest BCUT2D eigenvalue weighted by Gasteiger charge is 2.33. The highest BCUT2D eigenvalue weighted by atomic mass is 35.5. The summed E-state index contributed by atoms with van der Waals surface area (Å²) in [5.41, 5.74) is 0.668. The van der Waals surface area contributed by atoms with Crippen molar-refractivity contribution in [3.05, 3.63) is 64.7 Å². The van der Waals surface area contributed by atoms with Gasteiger partial charge in [0.1, 0.15) is 11.9 Å². The first-order valence-electron chi connectivity index (χ1n) is 7.65. The van der Waals surface area contributed by atoms with E-state index in [4.69, 9.17) is 11.6 Å². The molecule has 1 aromatic heterocycles. The van der Waals surface area contributed by atoms with Crippen LogP contribution in [0.3, 0.4) is 0 Å². The number of rotatable bonds is 5. The summed E-state index contributed by atoms with van der Waals surface area (Å²) in [6.45, 7) is 1.54. The van der Waals surface area contributed by atoms with Gasteiger partial charge in [-0.15, -0.1) is 0 Å². The SMILES string of the molecule is CC(=O)N(C)[C@H](C(=O)N(C)Cc1ccccn1)c1c(F)cccc1Cl. The number of pyridine rings is 1. The number of likely N-dealkylation sites (N-methyl/N-ethyl adjacent to an activating group) is 2. The molecule has 0 spiro atoms. The summed E-state index contributed by atoms with van der Waals surface area (Å²) < 4.78 is 14.4. The fraction of sp³-hybridized carbons (Fsp3) is 0.278. The van der Waals surface area contributed by atoms with Gasteiger partial charge in [0.15, 0.2) is 0 Å². The van der Waals surface area contributed by atoms with E-state index in [9.17, 15) is 14.0 Å². The van der Waals surface area contributed by atoms with Crippen molar-refractivity contribution in [1.29, 1.82) is 0 Å². The van der Waals surface area contributed by atoms with Gasteiger partial charge in [-0.25, -0.2) is 4.39 Å². The Labute approximate surface area is 151 Å².